The highest BCUT2D eigenvalue weighted by molar-refractivity contribution is 7.99. The Hall–Kier alpha value is -1.01. The van der Waals surface area contributed by atoms with Gasteiger partial charge in [0.15, 0.2) is 5.76 Å². The zero-order valence-electron chi connectivity index (χ0n) is 15.1. The van der Waals surface area contributed by atoms with Crippen molar-refractivity contribution in [3.05, 3.63) is 17.0 Å². The number of aryl methyl sites for hydroxylation is 1. The molecule has 0 spiro atoms. The zero-order chi connectivity index (χ0) is 17.2. The van der Waals surface area contributed by atoms with Crippen LogP contribution in [0.5, 0.6) is 0 Å². The second-order valence-corrected chi connectivity index (χ2v) is 8.60. The smallest absolute Gasteiger partial charge is 0.256 e. The molecule has 1 N–H and O–H groups in total. The van der Waals surface area contributed by atoms with Crippen LogP contribution in [0.2, 0.25) is 0 Å². The van der Waals surface area contributed by atoms with Crippen LogP contribution in [0.25, 0.3) is 0 Å². The lowest BCUT2D eigenvalue weighted by Gasteiger charge is -2.43. The normalized spacial score (nSPS) is 21.3. The van der Waals surface area contributed by atoms with Gasteiger partial charge in [-0.3, -0.25) is 9.69 Å². The van der Waals surface area contributed by atoms with Crippen molar-refractivity contribution in [3.8, 4) is 0 Å². The fourth-order valence-corrected chi connectivity index (χ4v) is 4.97. The van der Waals surface area contributed by atoms with E-state index >= 15 is 0 Å². The summed E-state index contributed by atoms with van der Waals surface area (Å²) in [5.74, 6) is 3.23. The van der Waals surface area contributed by atoms with Gasteiger partial charge in [0.25, 0.3) is 5.91 Å². The first-order chi connectivity index (χ1) is 11.5. The van der Waals surface area contributed by atoms with Gasteiger partial charge in [0.05, 0.1) is 5.69 Å². The number of rotatable bonds is 5. The SMILES string of the molecule is Cc1noc(C(C)C)c1C(=O)NCC1(N2CCSCC2)CCCC1. The van der Waals surface area contributed by atoms with Gasteiger partial charge in [-0.2, -0.15) is 11.8 Å². The molecule has 24 heavy (non-hydrogen) atoms. The molecule has 2 aliphatic rings. The highest BCUT2D eigenvalue weighted by atomic mass is 32.2. The van der Waals surface area contributed by atoms with Gasteiger partial charge in [0.1, 0.15) is 5.56 Å². The molecule has 1 amide bonds. The van der Waals surface area contributed by atoms with E-state index in [2.05, 4.69) is 15.4 Å². The quantitative estimate of drug-likeness (QED) is 0.883. The van der Waals surface area contributed by atoms with Gasteiger partial charge in [0, 0.05) is 42.6 Å². The molecule has 5 nitrogen and oxygen atoms in total. The van der Waals surface area contributed by atoms with Crippen LogP contribution >= 0.6 is 11.8 Å². The van der Waals surface area contributed by atoms with Gasteiger partial charge in [-0.05, 0) is 19.8 Å². The highest BCUT2D eigenvalue weighted by Crippen LogP contribution is 2.36. The Kier molecular flexibility index (Phi) is 5.55. The Bertz CT molecular complexity index is 573. The summed E-state index contributed by atoms with van der Waals surface area (Å²) in [7, 11) is 0. The van der Waals surface area contributed by atoms with Gasteiger partial charge in [-0.25, -0.2) is 0 Å². The predicted octanol–water partition coefficient (Wildman–Crippen LogP) is 3.20. The minimum atomic E-state index is -0.0323. The van der Waals surface area contributed by atoms with Crippen LogP contribution in [-0.4, -0.2) is 52.6 Å². The molecule has 0 radical (unpaired) electrons. The molecule has 1 aliphatic carbocycles. The van der Waals surface area contributed by atoms with Crippen molar-refractivity contribution in [2.24, 2.45) is 0 Å². The van der Waals surface area contributed by atoms with Crippen molar-refractivity contribution in [1.82, 2.24) is 15.4 Å². The van der Waals surface area contributed by atoms with Crippen LogP contribution in [0.15, 0.2) is 4.52 Å². The summed E-state index contributed by atoms with van der Waals surface area (Å²) in [5.41, 5.74) is 1.47. The van der Waals surface area contributed by atoms with Crippen molar-refractivity contribution in [2.45, 2.75) is 57.9 Å². The minimum Gasteiger partial charge on any atom is -0.360 e. The molecular weight excluding hydrogens is 322 g/mol. The first-order valence-corrected chi connectivity index (χ1v) is 10.3. The molecule has 0 bridgehead atoms. The lowest BCUT2D eigenvalue weighted by Crippen LogP contribution is -2.56. The number of nitrogens with zero attached hydrogens (tertiary/aromatic N) is 2. The van der Waals surface area contributed by atoms with Crippen molar-refractivity contribution >= 4 is 17.7 Å². The average Bonchev–Trinajstić information content (AvgIpc) is 3.21. The third kappa shape index (κ3) is 3.49. The van der Waals surface area contributed by atoms with Gasteiger partial charge in [-0.1, -0.05) is 31.8 Å². The first-order valence-electron chi connectivity index (χ1n) is 9.11. The Labute approximate surface area is 148 Å². The number of hydrogen-bond donors (Lipinski definition) is 1. The van der Waals surface area contributed by atoms with E-state index in [4.69, 9.17) is 4.52 Å². The summed E-state index contributed by atoms with van der Waals surface area (Å²) in [4.78, 5) is 15.4. The number of carbonyl (C=O) groups excluding carboxylic acids is 1. The summed E-state index contributed by atoms with van der Waals surface area (Å²) in [6.07, 6.45) is 4.92. The number of carbonyl (C=O) groups is 1. The van der Waals surface area contributed by atoms with Crippen LogP contribution in [-0.2, 0) is 0 Å². The minimum absolute atomic E-state index is 0.0323. The standard InChI is InChI=1S/C18H29N3O2S/c1-13(2)16-15(14(3)20-23-16)17(22)19-12-18(6-4-5-7-18)21-8-10-24-11-9-21/h13H,4-12H2,1-3H3,(H,19,22). The molecule has 1 aromatic heterocycles. The maximum atomic E-state index is 12.8. The van der Waals surface area contributed by atoms with E-state index in [0.717, 1.165) is 19.6 Å². The number of amides is 1. The van der Waals surface area contributed by atoms with Crippen LogP contribution in [0, 0.1) is 6.92 Å². The first kappa shape index (κ1) is 17.8. The largest absolute Gasteiger partial charge is 0.360 e. The van der Waals surface area contributed by atoms with Gasteiger partial charge in [-0.15, -0.1) is 0 Å². The Morgan fingerprint density at radius 3 is 2.62 bits per heavy atom. The lowest BCUT2D eigenvalue weighted by molar-refractivity contribution is 0.0815. The highest BCUT2D eigenvalue weighted by Gasteiger charge is 2.40. The van der Waals surface area contributed by atoms with E-state index < -0.39 is 0 Å². The molecule has 2 fully saturated rings. The maximum Gasteiger partial charge on any atom is 0.256 e. The molecule has 1 aliphatic heterocycles. The van der Waals surface area contributed by atoms with Crippen molar-refractivity contribution in [1.29, 1.82) is 0 Å². The van der Waals surface area contributed by atoms with Crippen LogP contribution in [0.4, 0.5) is 0 Å². The van der Waals surface area contributed by atoms with Crippen LogP contribution in [0.3, 0.4) is 0 Å². The van der Waals surface area contributed by atoms with Crippen molar-refractivity contribution in [2.75, 3.05) is 31.1 Å². The predicted molar refractivity (Wildman–Crippen MR) is 97.8 cm³/mol. The second-order valence-electron chi connectivity index (χ2n) is 7.38. The topological polar surface area (TPSA) is 58.4 Å². The molecule has 1 aromatic rings. The Balaban J connectivity index is 1.71. The summed E-state index contributed by atoms with van der Waals surface area (Å²) >= 11 is 2.04. The fourth-order valence-electron chi connectivity index (χ4n) is 4.07. The number of nitrogens with one attached hydrogen (secondary N) is 1. The fraction of sp³-hybridized carbons (Fsp3) is 0.778. The van der Waals surface area contributed by atoms with Crippen LogP contribution < -0.4 is 5.32 Å². The van der Waals surface area contributed by atoms with Crippen LogP contribution in [0.1, 0.15) is 67.3 Å². The molecule has 1 saturated heterocycles. The van der Waals surface area contributed by atoms with Gasteiger partial charge in [0.2, 0.25) is 0 Å². The van der Waals surface area contributed by atoms with E-state index in [1.807, 2.05) is 32.5 Å². The van der Waals surface area contributed by atoms with Crippen molar-refractivity contribution < 1.29 is 9.32 Å². The molecule has 3 rings (SSSR count). The molecule has 0 aromatic carbocycles. The Morgan fingerprint density at radius 1 is 1.33 bits per heavy atom. The third-order valence-corrected chi connectivity index (χ3v) is 6.38. The van der Waals surface area contributed by atoms with E-state index in [0.29, 0.717) is 17.0 Å². The maximum absolute atomic E-state index is 12.8. The van der Waals surface area contributed by atoms with Gasteiger partial charge >= 0.3 is 0 Å². The number of hydrogen-bond acceptors (Lipinski definition) is 5. The van der Waals surface area contributed by atoms with Gasteiger partial charge < -0.3 is 9.84 Å². The molecule has 134 valence electrons. The molecule has 6 heteroatoms. The summed E-state index contributed by atoms with van der Waals surface area (Å²) in [6, 6.07) is 0. The summed E-state index contributed by atoms with van der Waals surface area (Å²) in [5, 5.41) is 7.21. The lowest BCUT2D eigenvalue weighted by atomic mass is 9.94. The molecular formula is C18H29N3O2S. The number of thioether (sulfide) groups is 1. The van der Waals surface area contributed by atoms with Crippen molar-refractivity contribution in [3.63, 3.8) is 0 Å². The van der Waals surface area contributed by atoms with E-state index in [-0.39, 0.29) is 17.4 Å². The third-order valence-electron chi connectivity index (χ3n) is 5.43. The number of aromatic nitrogens is 1. The average molecular weight is 352 g/mol. The van der Waals surface area contributed by atoms with E-state index in [1.165, 1.54) is 37.2 Å². The van der Waals surface area contributed by atoms with E-state index in [9.17, 15) is 4.79 Å². The van der Waals surface area contributed by atoms with E-state index in [1.54, 1.807) is 0 Å². The molecule has 2 heterocycles. The second kappa shape index (κ2) is 7.48. The molecule has 1 saturated carbocycles. The zero-order valence-corrected chi connectivity index (χ0v) is 15.9. The molecule has 0 unspecified atom stereocenters. The molecule has 0 atom stereocenters. The summed E-state index contributed by atoms with van der Waals surface area (Å²) < 4.78 is 5.37. The Morgan fingerprint density at radius 2 is 2.00 bits per heavy atom. The summed E-state index contributed by atoms with van der Waals surface area (Å²) in [6.45, 7) is 8.92. The monoisotopic (exact) mass is 351 g/mol.